The van der Waals surface area contributed by atoms with Crippen LogP contribution in [0.3, 0.4) is 0 Å². The predicted molar refractivity (Wildman–Crippen MR) is 83.4 cm³/mol. The van der Waals surface area contributed by atoms with Crippen LogP contribution in [0.15, 0.2) is 24.4 Å². The van der Waals surface area contributed by atoms with E-state index in [0.717, 1.165) is 6.42 Å². The lowest BCUT2D eigenvalue weighted by Crippen LogP contribution is -2.45. The molecule has 0 radical (unpaired) electrons. The van der Waals surface area contributed by atoms with Crippen molar-refractivity contribution in [1.29, 1.82) is 0 Å². The molecule has 2 saturated carbocycles. The maximum Gasteiger partial charge on any atom is 0.212 e. The van der Waals surface area contributed by atoms with Crippen LogP contribution in [0.5, 0.6) is 0 Å². The zero-order valence-electron chi connectivity index (χ0n) is 13.0. The first-order chi connectivity index (χ1) is 10.3. The molecule has 0 amide bonds. The van der Waals surface area contributed by atoms with Gasteiger partial charge in [-0.3, -0.25) is 9.78 Å². The Morgan fingerprint density at radius 1 is 1.36 bits per heavy atom. The number of sulfonamides is 1. The van der Waals surface area contributed by atoms with Crippen molar-refractivity contribution in [2.75, 3.05) is 5.75 Å². The number of nitrogens with zero attached hydrogens (tertiary/aromatic N) is 1. The fourth-order valence-electron chi connectivity index (χ4n) is 4.17. The zero-order chi connectivity index (χ0) is 16.0. The Kier molecular flexibility index (Phi) is 3.64. The average Bonchev–Trinajstić information content (AvgIpc) is 2.80. The SMILES string of the molecule is CC1(C)[C@H]2CCC1(CS(=O)(=O)NCc1ccccn1)C(=O)C2. The number of fused-ring (bicyclic) bond motifs is 2. The van der Waals surface area contributed by atoms with Crippen molar-refractivity contribution in [3.8, 4) is 0 Å². The van der Waals surface area contributed by atoms with E-state index in [9.17, 15) is 13.2 Å². The van der Waals surface area contributed by atoms with E-state index in [4.69, 9.17) is 0 Å². The van der Waals surface area contributed by atoms with Gasteiger partial charge in [-0.1, -0.05) is 19.9 Å². The largest absolute Gasteiger partial charge is 0.299 e. The molecule has 22 heavy (non-hydrogen) atoms. The average molecular weight is 322 g/mol. The quantitative estimate of drug-likeness (QED) is 0.898. The highest BCUT2D eigenvalue weighted by atomic mass is 32.2. The number of Topliss-reactive ketones (excluding diaryl/α,β-unsaturated/α-hetero) is 1. The molecule has 0 spiro atoms. The van der Waals surface area contributed by atoms with E-state index >= 15 is 0 Å². The number of carbonyl (C=O) groups is 1. The van der Waals surface area contributed by atoms with Crippen LogP contribution >= 0.6 is 0 Å². The molecule has 0 aliphatic heterocycles. The van der Waals surface area contributed by atoms with Gasteiger partial charge in [0.1, 0.15) is 5.78 Å². The number of hydrogen-bond acceptors (Lipinski definition) is 4. The monoisotopic (exact) mass is 322 g/mol. The summed E-state index contributed by atoms with van der Waals surface area (Å²) in [5.41, 5.74) is -0.276. The third kappa shape index (κ3) is 2.38. The van der Waals surface area contributed by atoms with Crippen molar-refractivity contribution >= 4 is 15.8 Å². The summed E-state index contributed by atoms with van der Waals surface area (Å²) in [5.74, 6) is 0.345. The normalized spacial score (nSPS) is 29.9. The van der Waals surface area contributed by atoms with E-state index in [-0.39, 0.29) is 23.5 Å². The summed E-state index contributed by atoms with van der Waals surface area (Å²) in [6, 6.07) is 5.38. The summed E-state index contributed by atoms with van der Waals surface area (Å²) in [4.78, 5) is 16.5. The van der Waals surface area contributed by atoms with Crippen LogP contribution in [0.2, 0.25) is 0 Å². The van der Waals surface area contributed by atoms with Crippen molar-refractivity contribution in [3.63, 3.8) is 0 Å². The van der Waals surface area contributed by atoms with E-state index in [1.807, 2.05) is 19.9 Å². The van der Waals surface area contributed by atoms with Crippen LogP contribution < -0.4 is 4.72 Å². The summed E-state index contributed by atoms with van der Waals surface area (Å²) in [6.07, 6.45) is 3.80. The van der Waals surface area contributed by atoms with E-state index in [1.54, 1.807) is 18.3 Å². The molecule has 5 nitrogen and oxygen atoms in total. The molecule has 1 heterocycles. The van der Waals surface area contributed by atoms with Crippen molar-refractivity contribution < 1.29 is 13.2 Å². The molecule has 1 aromatic heterocycles. The van der Waals surface area contributed by atoms with E-state index in [0.29, 0.717) is 24.5 Å². The van der Waals surface area contributed by atoms with E-state index in [2.05, 4.69) is 9.71 Å². The molecule has 1 N–H and O–H groups in total. The molecule has 2 bridgehead atoms. The van der Waals surface area contributed by atoms with E-state index < -0.39 is 15.4 Å². The lowest BCUT2D eigenvalue weighted by Gasteiger charge is -2.36. The molecule has 3 rings (SSSR count). The van der Waals surface area contributed by atoms with Crippen molar-refractivity contribution in [1.82, 2.24) is 9.71 Å². The van der Waals surface area contributed by atoms with Gasteiger partial charge in [-0.05, 0) is 36.3 Å². The van der Waals surface area contributed by atoms with Crippen molar-refractivity contribution in [3.05, 3.63) is 30.1 Å². The maximum absolute atomic E-state index is 12.5. The Labute approximate surface area is 131 Å². The minimum atomic E-state index is -3.52. The predicted octanol–water partition coefficient (Wildman–Crippen LogP) is 1.90. The Balaban J connectivity index is 1.75. The first kappa shape index (κ1) is 15.6. The summed E-state index contributed by atoms with van der Waals surface area (Å²) in [6.45, 7) is 4.25. The number of nitrogens with one attached hydrogen (secondary N) is 1. The van der Waals surface area contributed by atoms with Crippen LogP contribution in [0.4, 0.5) is 0 Å². The number of rotatable bonds is 5. The van der Waals surface area contributed by atoms with Gasteiger partial charge in [-0.25, -0.2) is 13.1 Å². The highest BCUT2D eigenvalue weighted by molar-refractivity contribution is 7.89. The van der Waals surface area contributed by atoms with Gasteiger partial charge in [-0.2, -0.15) is 0 Å². The Morgan fingerprint density at radius 2 is 2.14 bits per heavy atom. The molecule has 0 saturated heterocycles. The Bertz CT molecular complexity index is 685. The number of hydrogen-bond donors (Lipinski definition) is 1. The Morgan fingerprint density at radius 3 is 2.68 bits per heavy atom. The van der Waals surface area contributed by atoms with Gasteiger partial charge >= 0.3 is 0 Å². The second-order valence-corrected chi connectivity index (χ2v) is 8.87. The summed E-state index contributed by atoms with van der Waals surface area (Å²) in [5, 5.41) is 0. The van der Waals surface area contributed by atoms with Crippen LogP contribution in [0.25, 0.3) is 0 Å². The molecule has 2 fully saturated rings. The lowest BCUT2D eigenvalue weighted by molar-refractivity contribution is -0.128. The molecular formula is C16H22N2O3S. The van der Waals surface area contributed by atoms with Gasteiger partial charge in [0.15, 0.2) is 0 Å². The third-order valence-electron chi connectivity index (χ3n) is 5.77. The second kappa shape index (κ2) is 5.13. The first-order valence-electron chi connectivity index (χ1n) is 7.67. The van der Waals surface area contributed by atoms with Crippen LogP contribution in [0, 0.1) is 16.7 Å². The molecule has 1 aromatic rings. The molecule has 6 heteroatoms. The number of ketones is 1. The van der Waals surface area contributed by atoms with Crippen LogP contribution in [0.1, 0.15) is 38.8 Å². The minimum Gasteiger partial charge on any atom is -0.299 e. The molecule has 2 aliphatic rings. The highest BCUT2D eigenvalue weighted by Gasteiger charge is 2.65. The first-order valence-corrected chi connectivity index (χ1v) is 9.33. The molecule has 2 aliphatic carbocycles. The van der Waals surface area contributed by atoms with Gasteiger partial charge in [0.05, 0.1) is 18.0 Å². The standard InChI is InChI=1S/C16H22N2O3S/c1-15(2)12-6-7-16(15,14(19)9-12)11-22(20,21)18-10-13-5-3-4-8-17-13/h3-5,8,12,18H,6-7,9-11H2,1-2H3/t12-,16?/m0/s1. The van der Waals surface area contributed by atoms with Gasteiger partial charge in [0, 0.05) is 18.0 Å². The molecular weight excluding hydrogens is 300 g/mol. The third-order valence-corrected chi connectivity index (χ3v) is 7.23. The number of pyridine rings is 1. The van der Waals surface area contributed by atoms with Crippen molar-refractivity contribution in [2.45, 2.75) is 39.7 Å². The molecule has 1 unspecified atom stereocenters. The fraction of sp³-hybridized carbons (Fsp3) is 0.625. The number of carbonyl (C=O) groups excluding carboxylic acids is 1. The number of aromatic nitrogens is 1. The fourth-order valence-corrected chi connectivity index (χ4v) is 5.97. The second-order valence-electron chi connectivity index (χ2n) is 7.07. The topological polar surface area (TPSA) is 76.1 Å². The lowest BCUT2D eigenvalue weighted by atomic mass is 9.70. The van der Waals surface area contributed by atoms with Gasteiger partial charge in [0.25, 0.3) is 0 Å². The van der Waals surface area contributed by atoms with Crippen molar-refractivity contribution in [2.24, 2.45) is 16.7 Å². The zero-order valence-corrected chi connectivity index (χ0v) is 13.8. The van der Waals surface area contributed by atoms with Gasteiger partial charge in [0.2, 0.25) is 10.0 Å². The Hall–Kier alpha value is -1.27. The summed E-state index contributed by atoms with van der Waals surface area (Å²) in [7, 11) is -3.52. The minimum absolute atomic E-state index is 0.102. The smallest absolute Gasteiger partial charge is 0.212 e. The van der Waals surface area contributed by atoms with Gasteiger partial charge in [-0.15, -0.1) is 0 Å². The molecule has 2 atom stereocenters. The summed E-state index contributed by atoms with van der Waals surface area (Å²) >= 11 is 0. The summed E-state index contributed by atoms with van der Waals surface area (Å²) < 4.78 is 27.6. The molecule has 120 valence electrons. The van der Waals surface area contributed by atoms with Crippen LogP contribution in [-0.2, 0) is 21.4 Å². The molecule has 0 aromatic carbocycles. The van der Waals surface area contributed by atoms with Crippen LogP contribution in [-0.4, -0.2) is 24.9 Å². The maximum atomic E-state index is 12.5. The van der Waals surface area contributed by atoms with Gasteiger partial charge < -0.3 is 0 Å². The highest BCUT2D eigenvalue weighted by Crippen LogP contribution is 2.64. The van der Waals surface area contributed by atoms with E-state index in [1.165, 1.54) is 0 Å².